The van der Waals surface area contributed by atoms with Crippen molar-refractivity contribution in [2.45, 2.75) is 56.7 Å². The van der Waals surface area contributed by atoms with E-state index in [4.69, 9.17) is 26.8 Å². The number of hydrogen-bond donors (Lipinski definition) is 8. The highest BCUT2D eigenvalue weighted by molar-refractivity contribution is 5.95. The summed E-state index contributed by atoms with van der Waals surface area (Å²) in [4.78, 5) is 69.2. The molecule has 31 heavy (non-hydrogen) atoms. The Morgan fingerprint density at radius 2 is 1.35 bits per heavy atom. The normalized spacial score (nSPS) is 13.4. The topological polar surface area (TPSA) is 251 Å². The summed E-state index contributed by atoms with van der Waals surface area (Å²) in [5.74, 6) is -6.90. The molecule has 14 heteroatoms. The summed E-state index contributed by atoms with van der Waals surface area (Å²) < 4.78 is 0. The number of carbonyl (C=O) groups is 6. The number of unbranched alkanes of at least 4 members (excludes halogenated alkanes) is 1. The third-order valence-corrected chi connectivity index (χ3v) is 4.01. The summed E-state index contributed by atoms with van der Waals surface area (Å²) in [6, 6.07) is -4.04. The quantitative estimate of drug-likeness (QED) is 0.110. The lowest BCUT2D eigenvalue weighted by Crippen LogP contribution is -2.56. The third kappa shape index (κ3) is 12.8. The van der Waals surface area contributed by atoms with Crippen LogP contribution < -0.4 is 27.4 Å². The molecule has 0 rings (SSSR count). The van der Waals surface area contributed by atoms with E-state index in [2.05, 4.69) is 10.6 Å². The van der Waals surface area contributed by atoms with E-state index in [0.29, 0.717) is 19.4 Å². The van der Waals surface area contributed by atoms with Gasteiger partial charge < -0.3 is 42.7 Å². The van der Waals surface area contributed by atoms with Crippen LogP contribution in [-0.4, -0.2) is 82.2 Å². The molecular weight excluding hydrogens is 418 g/mol. The first kappa shape index (κ1) is 27.7. The molecule has 0 saturated carbocycles. The highest BCUT2D eigenvalue weighted by atomic mass is 16.4. The fraction of sp³-hybridized carbons (Fsp3) is 0.647. The molecule has 0 saturated heterocycles. The Morgan fingerprint density at radius 3 is 1.87 bits per heavy atom. The van der Waals surface area contributed by atoms with Gasteiger partial charge in [-0.25, -0.2) is 0 Å². The number of nitrogens with two attached hydrogens (primary N) is 2. The van der Waals surface area contributed by atoms with Crippen molar-refractivity contribution in [2.24, 2.45) is 11.5 Å². The van der Waals surface area contributed by atoms with E-state index < -0.39 is 73.1 Å². The van der Waals surface area contributed by atoms with Crippen LogP contribution in [0.3, 0.4) is 0 Å². The molecule has 0 bridgehead atoms. The molecule has 10 N–H and O–H groups in total. The maximum atomic E-state index is 12.5. The van der Waals surface area contributed by atoms with E-state index >= 15 is 0 Å². The van der Waals surface area contributed by atoms with Gasteiger partial charge in [-0.3, -0.25) is 28.8 Å². The zero-order valence-electron chi connectivity index (χ0n) is 16.8. The van der Waals surface area contributed by atoms with Crippen molar-refractivity contribution >= 4 is 35.6 Å². The number of amides is 3. The van der Waals surface area contributed by atoms with Crippen molar-refractivity contribution < 1.29 is 44.1 Å². The van der Waals surface area contributed by atoms with Gasteiger partial charge in [-0.1, -0.05) is 6.42 Å². The summed E-state index contributed by atoms with van der Waals surface area (Å²) >= 11 is 0. The van der Waals surface area contributed by atoms with E-state index in [1.165, 1.54) is 0 Å². The first-order valence-electron chi connectivity index (χ1n) is 9.47. The van der Waals surface area contributed by atoms with Crippen molar-refractivity contribution in [3.05, 3.63) is 0 Å². The van der Waals surface area contributed by atoms with Crippen LogP contribution in [0, 0.1) is 0 Å². The minimum atomic E-state index is -1.65. The average Bonchev–Trinajstić information content (AvgIpc) is 2.67. The summed E-state index contributed by atoms with van der Waals surface area (Å²) in [5.41, 5.74) is 11.1. The second-order valence-corrected chi connectivity index (χ2v) is 6.66. The van der Waals surface area contributed by atoms with Gasteiger partial charge in [0, 0.05) is 6.42 Å². The number of carboxylic acids is 3. The maximum absolute atomic E-state index is 12.5. The second kappa shape index (κ2) is 14.7. The van der Waals surface area contributed by atoms with Gasteiger partial charge in [0.25, 0.3) is 0 Å². The molecule has 0 radical (unpaired) electrons. The molecule has 0 aliphatic heterocycles. The van der Waals surface area contributed by atoms with Gasteiger partial charge in [-0.15, -0.1) is 0 Å². The van der Waals surface area contributed by atoms with E-state index in [9.17, 15) is 28.8 Å². The molecule has 0 unspecified atom stereocenters. The van der Waals surface area contributed by atoms with Gasteiger partial charge in [0.05, 0.1) is 12.5 Å². The molecule has 3 amide bonds. The Kier molecular flexibility index (Phi) is 13.1. The lowest BCUT2D eigenvalue weighted by Gasteiger charge is -2.23. The second-order valence-electron chi connectivity index (χ2n) is 6.66. The minimum absolute atomic E-state index is 0.273. The zero-order chi connectivity index (χ0) is 24.0. The Labute approximate surface area is 177 Å². The van der Waals surface area contributed by atoms with Crippen LogP contribution in [0.25, 0.3) is 0 Å². The number of nitrogens with one attached hydrogen (secondary N) is 3. The molecule has 0 aliphatic carbocycles. The largest absolute Gasteiger partial charge is 0.481 e. The molecule has 0 aliphatic rings. The monoisotopic (exact) mass is 447 g/mol. The first-order valence-corrected chi connectivity index (χ1v) is 9.47. The Hall–Kier alpha value is -3.26. The van der Waals surface area contributed by atoms with E-state index in [1.807, 2.05) is 5.32 Å². The van der Waals surface area contributed by atoms with Gasteiger partial charge in [0.2, 0.25) is 17.7 Å². The standard InChI is InChI=1S/C17H29N5O9/c18-6-2-1-3-9(19)15(29)21-10(4-5-12(23)24)17(31)22-11(7-13(25)26)16(30)20-8-14(27)28/h9-11H,1-8,18-19H2,(H,20,30)(H,21,29)(H,22,31)(H,23,24)(H,25,26)(H,27,28)/t9-,10-,11-/m0/s1. The average molecular weight is 447 g/mol. The lowest BCUT2D eigenvalue weighted by molar-refractivity contribution is -0.141. The zero-order valence-corrected chi connectivity index (χ0v) is 16.8. The van der Waals surface area contributed by atoms with E-state index in [0.717, 1.165) is 0 Å². The van der Waals surface area contributed by atoms with Gasteiger partial charge >= 0.3 is 17.9 Å². The van der Waals surface area contributed by atoms with Crippen LogP contribution >= 0.6 is 0 Å². The number of carboxylic acid groups (broad SMARTS) is 3. The van der Waals surface area contributed by atoms with Crippen LogP contribution in [0.2, 0.25) is 0 Å². The molecule has 0 aromatic heterocycles. The highest BCUT2D eigenvalue weighted by Crippen LogP contribution is 2.04. The Balaban J connectivity index is 5.25. The summed E-state index contributed by atoms with van der Waals surface area (Å²) in [6.45, 7) is -0.394. The Bertz CT molecular complexity index is 670. The fourth-order valence-corrected chi connectivity index (χ4v) is 2.40. The molecule has 176 valence electrons. The summed E-state index contributed by atoms with van der Waals surface area (Å²) in [5, 5.41) is 32.8. The number of carbonyl (C=O) groups excluding carboxylic acids is 3. The number of hydrogen-bond acceptors (Lipinski definition) is 8. The molecule has 0 aromatic rings. The molecule has 0 aromatic carbocycles. The third-order valence-electron chi connectivity index (χ3n) is 4.01. The van der Waals surface area contributed by atoms with Crippen molar-refractivity contribution in [1.82, 2.24) is 16.0 Å². The highest BCUT2D eigenvalue weighted by Gasteiger charge is 2.29. The SMILES string of the molecule is NCCCC[C@H](N)C(=O)N[C@@H](CCC(=O)O)C(=O)N[C@@H](CC(=O)O)C(=O)NCC(=O)O. The van der Waals surface area contributed by atoms with Gasteiger partial charge in [-0.2, -0.15) is 0 Å². The smallest absolute Gasteiger partial charge is 0.322 e. The minimum Gasteiger partial charge on any atom is -0.481 e. The molecule has 3 atom stereocenters. The van der Waals surface area contributed by atoms with E-state index in [1.54, 1.807) is 0 Å². The summed E-state index contributed by atoms with van der Waals surface area (Å²) in [6.07, 6.45) is -0.257. The molecule has 14 nitrogen and oxygen atoms in total. The number of rotatable bonds is 16. The van der Waals surface area contributed by atoms with Crippen molar-refractivity contribution in [3.8, 4) is 0 Å². The fourth-order valence-electron chi connectivity index (χ4n) is 2.40. The van der Waals surface area contributed by atoms with E-state index in [-0.39, 0.29) is 12.8 Å². The van der Waals surface area contributed by atoms with Crippen LogP contribution in [0.5, 0.6) is 0 Å². The van der Waals surface area contributed by atoms with Crippen LogP contribution in [-0.2, 0) is 28.8 Å². The van der Waals surface area contributed by atoms with Gasteiger partial charge in [0.15, 0.2) is 0 Å². The number of aliphatic carboxylic acids is 3. The van der Waals surface area contributed by atoms with Gasteiger partial charge in [0.1, 0.15) is 18.6 Å². The van der Waals surface area contributed by atoms with Crippen LogP contribution in [0.4, 0.5) is 0 Å². The molecule has 0 fully saturated rings. The van der Waals surface area contributed by atoms with Crippen molar-refractivity contribution in [3.63, 3.8) is 0 Å². The van der Waals surface area contributed by atoms with Crippen molar-refractivity contribution in [1.29, 1.82) is 0 Å². The maximum Gasteiger partial charge on any atom is 0.322 e. The Morgan fingerprint density at radius 1 is 0.742 bits per heavy atom. The molecule has 0 heterocycles. The molecular formula is C17H29N5O9. The summed E-state index contributed by atoms with van der Waals surface area (Å²) in [7, 11) is 0. The van der Waals surface area contributed by atoms with Crippen molar-refractivity contribution in [2.75, 3.05) is 13.1 Å². The van der Waals surface area contributed by atoms with Crippen LogP contribution in [0.15, 0.2) is 0 Å². The predicted octanol–water partition coefficient (Wildman–Crippen LogP) is -3.05. The van der Waals surface area contributed by atoms with Gasteiger partial charge in [-0.05, 0) is 25.8 Å². The first-order chi connectivity index (χ1) is 14.5. The predicted molar refractivity (Wildman–Crippen MR) is 105 cm³/mol. The molecule has 0 spiro atoms. The van der Waals surface area contributed by atoms with Crippen LogP contribution in [0.1, 0.15) is 38.5 Å². The lowest BCUT2D eigenvalue weighted by atomic mass is 10.1.